The van der Waals surface area contributed by atoms with E-state index in [9.17, 15) is 4.21 Å². The van der Waals surface area contributed by atoms with Crippen molar-refractivity contribution >= 4 is 23.0 Å². The third-order valence-electron chi connectivity index (χ3n) is 1.06. The molecule has 66 valence electrons. The standard InChI is InChI=1S/C6H6ClNO3S/c7-5-1-3-6(4-2-5)10-12(9)11-8/h1-4H,8H2. The fourth-order valence-electron chi connectivity index (χ4n) is 0.588. The van der Waals surface area contributed by atoms with E-state index in [1.54, 1.807) is 24.3 Å². The number of hydrogen-bond acceptors (Lipinski definition) is 4. The summed E-state index contributed by atoms with van der Waals surface area (Å²) < 4.78 is 19.2. The Hall–Kier alpha value is -0.620. The van der Waals surface area contributed by atoms with Crippen molar-refractivity contribution in [2.75, 3.05) is 0 Å². The molecule has 1 unspecified atom stereocenters. The average Bonchev–Trinajstić information content (AvgIpc) is 2.09. The van der Waals surface area contributed by atoms with Gasteiger partial charge in [-0.15, -0.1) is 0 Å². The van der Waals surface area contributed by atoms with Crippen LogP contribution in [0.5, 0.6) is 5.75 Å². The van der Waals surface area contributed by atoms with Gasteiger partial charge < -0.3 is 4.18 Å². The Kier molecular flexibility index (Phi) is 3.48. The highest BCUT2D eigenvalue weighted by molar-refractivity contribution is 7.75. The van der Waals surface area contributed by atoms with Crippen molar-refractivity contribution < 1.29 is 12.7 Å². The predicted octanol–water partition coefficient (Wildman–Crippen LogP) is 1.19. The quantitative estimate of drug-likeness (QED) is 0.757. The summed E-state index contributed by atoms with van der Waals surface area (Å²) in [5.74, 6) is 4.98. The molecule has 0 aliphatic heterocycles. The van der Waals surface area contributed by atoms with Gasteiger partial charge >= 0.3 is 11.4 Å². The summed E-state index contributed by atoms with van der Waals surface area (Å²) >= 11 is 3.64. The number of benzene rings is 1. The Bertz CT molecular complexity index is 277. The molecule has 0 saturated heterocycles. The summed E-state index contributed by atoms with van der Waals surface area (Å²) in [5, 5.41) is 0.571. The molecule has 0 aliphatic carbocycles. The molecule has 0 heterocycles. The van der Waals surface area contributed by atoms with E-state index in [2.05, 4.69) is 14.4 Å². The normalized spacial score (nSPS) is 12.5. The number of hydrogen-bond donors (Lipinski definition) is 1. The molecule has 0 spiro atoms. The molecule has 2 N–H and O–H groups in total. The first kappa shape index (κ1) is 9.47. The van der Waals surface area contributed by atoms with Gasteiger partial charge in [0.1, 0.15) is 5.75 Å². The van der Waals surface area contributed by atoms with Gasteiger partial charge in [0.2, 0.25) is 0 Å². The van der Waals surface area contributed by atoms with Crippen molar-refractivity contribution in [3.63, 3.8) is 0 Å². The molecule has 0 saturated carbocycles. The molecule has 1 atom stereocenters. The molecule has 0 amide bonds. The summed E-state index contributed by atoms with van der Waals surface area (Å²) in [5.41, 5.74) is 0. The second-order valence-corrected chi connectivity index (χ2v) is 3.04. The van der Waals surface area contributed by atoms with Gasteiger partial charge in [-0.2, -0.15) is 14.4 Å². The van der Waals surface area contributed by atoms with Crippen LogP contribution in [0.1, 0.15) is 0 Å². The zero-order valence-corrected chi connectivity index (χ0v) is 7.47. The van der Waals surface area contributed by atoms with Crippen molar-refractivity contribution in [2.24, 2.45) is 5.90 Å². The Morgan fingerprint density at radius 3 is 2.42 bits per heavy atom. The van der Waals surface area contributed by atoms with E-state index in [4.69, 9.17) is 11.6 Å². The van der Waals surface area contributed by atoms with Crippen molar-refractivity contribution in [3.8, 4) is 5.75 Å². The van der Waals surface area contributed by atoms with E-state index >= 15 is 0 Å². The summed E-state index contributed by atoms with van der Waals surface area (Å²) in [4.78, 5) is 0. The minimum atomic E-state index is -1.95. The smallest absolute Gasteiger partial charge is 0.377 e. The van der Waals surface area contributed by atoms with Gasteiger partial charge in [0.05, 0.1) is 0 Å². The lowest BCUT2D eigenvalue weighted by atomic mass is 10.3. The Morgan fingerprint density at radius 1 is 1.33 bits per heavy atom. The Morgan fingerprint density at radius 2 is 1.92 bits per heavy atom. The van der Waals surface area contributed by atoms with Gasteiger partial charge in [-0.05, 0) is 24.3 Å². The molecule has 0 aromatic heterocycles. The summed E-state index contributed by atoms with van der Waals surface area (Å²) in [6, 6.07) is 6.31. The van der Waals surface area contributed by atoms with Crippen LogP contribution in [-0.2, 0) is 15.6 Å². The van der Waals surface area contributed by atoms with E-state index in [0.717, 1.165) is 0 Å². The Balaban J connectivity index is 2.64. The molecule has 1 aromatic carbocycles. The molecule has 0 radical (unpaired) electrons. The minimum absolute atomic E-state index is 0.378. The fraction of sp³-hybridized carbons (Fsp3) is 0. The van der Waals surface area contributed by atoms with Gasteiger partial charge in [0.25, 0.3) is 0 Å². The van der Waals surface area contributed by atoms with E-state index in [0.29, 0.717) is 10.8 Å². The van der Waals surface area contributed by atoms with E-state index < -0.39 is 11.4 Å². The predicted molar refractivity (Wildman–Crippen MR) is 45.5 cm³/mol. The van der Waals surface area contributed by atoms with Crippen LogP contribution in [0.25, 0.3) is 0 Å². The molecule has 0 bridgehead atoms. The molecule has 0 fully saturated rings. The molecule has 6 heteroatoms. The van der Waals surface area contributed by atoms with Gasteiger partial charge in [-0.3, -0.25) is 0 Å². The number of nitrogens with two attached hydrogens (primary N) is 1. The zero-order valence-electron chi connectivity index (χ0n) is 5.90. The topological polar surface area (TPSA) is 61.5 Å². The highest BCUT2D eigenvalue weighted by Crippen LogP contribution is 2.16. The molecule has 1 rings (SSSR count). The summed E-state index contributed by atoms with van der Waals surface area (Å²) in [6.45, 7) is 0. The second-order valence-electron chi connectivity index (χ2n) is 1.84. The zero-order chi connectivity index (χ0) is 8.97. The minimum Gasteiger partial charge on any atom is -0.379 e. The third-order valence-corrected chi connectivity index (χ3v) is 1.79. The van der Waals surface area contributed by atoms with Crippen LogP contribution in [0, 0.1) is 0 Å². The first-order chi connectivity index (χ1) is 5.72. The SMILES string of the molecule is NOS(=O)Oc1ccc(Cl)cc1. The van der Waals surface area contributed by atoms with Crippen molar-refractivity contribution in [2.45, 2.75) is 0 Å². The number of halogens is 1. The van der Waals surface area contributed by atoms with E-state index in [1.807, 2.05) is 0 Å². The first-order valence-electron chi connectivity index (χ1n) is 2.95. The van der Waals surface area contributed by atoms with Crippen LogP contribution in [-0.4, -0.2) is 4.21 Å². The molecule has 12 heavy (non-hydrogen) atoms. The maximum atomic E-state index is 10.6. The average molecular weight is 208 g/mol. The third kappa shape index (κ3) is 2.78. The lowest BCUT2D eigenvalue weighted by Crippen LogP contribution is -2.09. The maximum absolute atomic E-state index is 10.6. The van der Waals surface area contributed by atoms with Crippen LogP contribution in [0.2, 0.25) is 5.02 Å². The Labute approximate surface area is 77.0 Å². The largest absolute Gasteiger partial charge is 0.379 e. The highest BCUT2D eigenvalue weighted by Gasteiger charge is 2.00. The summed E-state index contributed by atoms with van der Waals surface area (Å²) in [6.07, 6.45) is 0. The highest BCUT2D eigenvalue weighted by atomic mass is 35.5. The van der Waals surface area contributed by atoms with Crippen LogP contribution in [0.4, 0.5) is 0 Å². The van der Waals surface area contributed by atoms with Crippen LogP contribution >= 0.6 is 11.6 Å². The number of rotatable bonds is 3. The molecule has 0 aliphatic rings. The monoisotopic (exact) mass is 207 g/mol. The fourth-order valence-corrected chi connectivity index (χ4v) is 1.02. The summed E-state index contributed by atoms with van der Waals surface area (Å²) in [7, 11) is 0. The molecular formula is C6H6ClNO3S. The lowest BCUT2D eigenvalue weighted by molar-refractivity contribution is 0.324. The van der Waals surface area contributed by atoms with Crippen molar-refractivity contribution in [1.82, 2.24) is 0 Å². The molecular weight excluding hydrogens is 202 g/mol. The lowest BCUT2D eigenvalue weighted by Gasteiger charge is -2.00. The van der Waals surface area contributed by atoms with Crippen LogP contribution < -0.4 is 10.1 Å². The van der Waals surface area contributed by atoms with Crippen LogP contribution in [0.3, 0.4) is 0 Å². The maximum Gasteiger partial charge on any atom is 0.377 e. The van der Waals surface area contributed by atoms with Crippen LogP contribution in [0.15, 0.2) is 24.3 Å². The molecule has 4 nitrogen and oxygen atoms in total. The first-order valence-corrected chi connectivity index (χ1v) is 4.33. The van der Waals surface area contributed by atoms with Crippen molar-refractivity contribution in [1.29, 1.82) is 0 Å². The second kappa shape index (κ2) is 4.42. The van der Waals surface area contributed by atoms with Crippen molar-refractivity contribution in [3.05, 3.63) is 29.3 Å². The van der Waals surface area contributed by atoms with Gasteiger partial charge in [-0.25, -0.2) is 0 Å². The van der Waals surface area contributed by atoms with Gasteiger partial charge in [-0.1, -0.05) is 11.6 Å². The van der Waals surface area contributed by atoms with E-state index in [-0.39, 0.29) is 0 Å². The van der Waals surface area contributed by atoms with Gasteiger partial charge in [0.15, 0.2) is 0 Å². The molecule has 1 aromatic rings. The van der Waals surface area contributed by atoms with E-state index in [1.165, 1.54) is 0 Å². The van der Waals surface area contributed by atoms with Gasteiger partial charge in [0, 0.05) is 5.02 Å².